The molecule has 162 valence electrons. The molecular formula is C24H32N2O4. The minimum atomic E-state index is -0.438. The maximum Gasteiger partial charge on any atom is 0.338 e. The van der Waals surface area contributed by atoms with Crippen LogP contribution in [-0.2, 0) is 22.6 Å². The number of esters is 1. The average Bonchev–Trinajstić information content (AvgIpc) is 2.73. The summed E-state index contributed by atoms with van der Waals surface area (Å²) in [5.41, 5.74) is 2.29. The second-order valence-corrected chi connectivity index (χ2v) is 8.57. The van der Waals surface area contributed by atoms with Crippen molar-refractivity contribution in [1.29, 1.82) is 0 Å². The van der Waals surface area contributed by atoms with Gasteiger partial charge in [-0.15, -0.1) is 0 Å². The first-order valence-electron chi connectivity index (χ1n) is 10.2. The number of hydrogen-bond donors (Lipinski definition) is 0. The highest BCUT2D eigenvalue weighted by atomic mass is 16.5. The van der Waals surface area contributed by atoms with Crippen LogP contribution in [0.3, 0.4) is 0 Å². The number of rotatable bonds is 7. The molecular weight excluding hydrogens is 380 g/mol. The molecule has 3 rings (SSSR count). The number of ether oxygens (including phenoxy) is 3. The molecule has 1 aliphatic rings. The Kier molecular flexibility index (Phi) is 7.00. The summed E-state index contributed by atoms with van der Waals surface area (Å²) in [7, 11) is 4.78. The van der Waals surface area contributed by atoms with Gasteiger partial charge in [-0.1, -0.05) is 38.1 Å². The van der Waals surface area contributed by atoms with Crippen LogP contribution in [-0.4, -0.2) is 56.4 Å². The van der Waals surface area contributed by atoms with E-state index in [0.717, 1.165) is 35.7 Å². The van der Waals surface area contributed by atoms with E-state index in [4.69, 9.17) is 14.2 Å². The zero-order chi connectivity index (χ0) is 21.7. The first kappa shape index (κ1) is 22.1. The smallest absolute Gasteiger partial charge is 0.338 e. The molecule has 0 bridgehead atoms. The summed E-state index contributed by atoms with van der Waals surface area (Å²) >= 11 is 0. The third kappa shape index (κ3) is 5.32. The molecule has 1 aliphatic heterocycles. The molecule has 0 atom stereocenters. The molecule has 1 heterocycles. The number of carbonyl (C=O) groups is 1. The van der Waals surface area contributed by atoms with Crippen LogP contribution < -0.4 is 9.47 Å². The Morgan fingerprint density at radius 2 is 1.23 bits per heavy atom. The van der Waals surface area contributed by atoms with Crippen LogP contribution in [0.5, 0.6) is 11.5 Å². The van der Waals surface area contributed by atoms with Crippen molar-refractivity contribution in [2.45, 2.75) is 33.1 Å². The van der Waals surface area contributed by atoms with Crippen molar-refractivity contribution in [2.24, 2.45) is 5.41 Å². The van der Waals surface area contributed by atoms with Crippen molar-refractivity contribution in [2.75, 3.05) is 34.4 Å². The average molecular weight is 413 g/mol. The lowest BCUT2D eigenvalue weighted by Crippen LogP contribution is -2.62. The van der Waals surface area contributed by atoms with E-state index in [1.54, 1.807) is 14.2 Å². The first-order valence-corrected chi connectivity index (χ1v) is 10.2. The molecule has 30 heavy (non-hydrogen) atoms. The highest BCUT2D eigenvalue weighted by Gasteiger charge is 2.42. The first-order chi connectivity index (χ1) is 14.3. The standard InChI is InChI=1S/C24H32N2O4/c1-24(2)16-25(14-18-6-10-20(28-3)11-7-18)22(23(27)30-5)26(17-24)15-19-8-12-21(29-4)13-9-19/h6-13,22H,14-17H2,1-5H3. The summed E-state index contributed by atoms with van der Waals surface area (Å²) in [4.78, 5) is 17.3. The van der Waals surface area contributed by atoms with Gasteiger partial charge in [-0.2, -0.15) is 0 Å². The number of nitrogens with zero attached hydrogens (tertiary/aromatic N) is 2. The van der Waals surface area contributed by atoms with Crippen LogP contribution in [0, 0.1) is 5.41 Å². The number of hydrogen-bond acceptors (Lipinski definition) is 6. The van der Waals surface area contributed by atoms with Crippen LogP contribution in [0.15, 0.2) is 48.5 Å². The molecule has 0 spiro atoms. The molecule has 0 amide bonds. The Morgan fingerprint density at radius 3 is 1.57 bits per heavy atom. The van der Waals surface area contributed by atoms with Gasteiger partial charge < -0.3 is 14.2 Å². The molecule has 2 aromatic carbocycles. The lowest BCUT2D eigenvalue weighted by Gasteiger charge is -2.49. The molecule has 6 nitrogen and oxygen atoms in total. The van der Waals surface area contributed by atoms with Gasteiger partial charge in [-0.3, -0.25) is 9.80 Å². The quantitative estimate of drug-likeness (QED) is 0.649. The van der Waals surface area contributed by atoms with Gasteiger partial charge in [0.2, 0.25) is 0 Å². The van der Waals surface area contributed by atoms with Gasteiger partial charge in [0.25, 0.3) is 0 Å². The van der Waals surface area contributed by atoms with E-state index >= 15 is 0 Å². The molecule has 0 aliphatic carbocycles. The maximum absolute atomic E-state index is 12.8. The topological polar surface area (TPSA) is 51.2 Å². The normalized spacial score (nSPS) is 17.5. The van der Waals surface area contributed by atoms with E-state index in [9.17, 15) is 4.79 Å². The second kappa shape index (κ2) is 9.49. The zero-order valence-electron chi connectivity index (χ0n) is 18.6. The van der Waals surface area contributed by atoms with Gasteiger partial charge in [0.15, 0.2) is 6.17 Å². The predicted molar refractivity (Wildman–Crippen MR) is 116 cm³/mol. The van der Waals surface area contributed by atoms with Crippen LogP contribution in [0.4, 0.5) is 0 Å². The highest BCUT2D eigenvalue weighted by molar-refractivity contribution is 5.75. The Bertz CT molecular complexity index is 772. The van der Waals surface area contributed by atoms with Gasteiger partial charge in [0.05, 0.1) is 21.3 Å². The van der Waals surface area contributed by atoms with Gasteiger partial charge in [0.1, 0.15) is 11.5 Å². The van der Waals surface area contributed by atoms with Gasteiger partial charge in [0, 0.05) is 26.2 Å². The van der Waals surface area contributed by atoms with E-state index in [1.165, 1.54) is 7.11 Å². The van der Waals surface area contributed by atoms with Crippen LogP contribution in [0.25, 0.3) is 0 Å². The molecule has 0 unspecified atom stereocenters. The van der Waals surface area contributed by atoms with E-state index < -0.39 is 6.17 Å². The molecule has 0 N–H and O–H groups in total. The van der Waals surface area contributed by atoms with Crippen molar-refractivity contribution in [3.05, 3.63) is 59.7 Å². The molecule has 1 fully saturated rings. The van der Waals surface area contributed by atoms with Gasteiger partial charge >= 0.3 is 5.97 Å². The summed E-state index contributed by atoms with van der Waals surface area (Å²) in [6, 6.07) is 16.0. The van der Waals surface area contributed by atoms with E-state index in [0.29, 0.717) is 13.1 Å². The fourth-order valence-electron chi connectivity index (χ4n) is 4.17. The van der Waals surface area contributed by atoms with Crippen molar-refractivity contribution >= 4 is 5.97 Å². The molecule has 0 saturated carbocycles. The van der Waals surface area contributed by atoms with Crippen molar-refractivity contribution in [1.82, 2.24) is 9.80 Å². The number of benzene rings is 2. The summed E-state index contributed by atoms with van der Waals surface area (Å²) in [6.45, 7) is 7.40. The molecule has 6 heteroatoms. The van der Waals surface area contributed by atoms with E-state index in [2.05, 4.69) is 23.6 Å². The minimum Gasteiger partial charge on any atom is -0.497 e. The minimum absolute atomic E-state index is 0.0312. The zero-order valence-corrected chi connectivity index (χ0v) is 18.6. The van der Waals surface area contributed by atoms with Crippen molar-refractivity contribution in [3.63, 3.8) is 0 Å². The summed E-state index contributed by atoms with van der Waals surface area (Å²) in [6.07, 6.45) is -0.438. The number of carbonyl (C=O) groups excluding carboxylic acids is 1. The third-order valence-electron chi connectivity index (χ3n) is 5.46. The monoisotopic (exact) mass is 412 g/mol. The van der Waals surface area contributed by atoms with Crippen LogP contribution in [0.1, 0.15) is 25.0 Å². The number of methoxy groups -OCH3 is 3. The summed E-state index contributed by atoms with van der Waals surface area (Å²) in [5.74, 6) is 1.42. The fourth-order valence-corrected chi connectivity index (χ4v) is 4.17. The van der Waals surface area contributed by atoms with Crippen LogP contribution >= 0.6 is 0 Å². The Labute approximate surface area is 179 Å². The molecule has 2 aromatic rings. The van der Waals surface area contributed by atoms with E-state index in [1.807, 2.05) is 48.5 Å². The second-order valence-electron chi connectivity index (χ2n) is 8.57. The Morgan fingerprint density at radius 1 is 0.833 bits per heavy atom. The van der Waals surface area contributed by atoms with Crippen LogP contribution in [0.2, 0.25) is 0 Å². The lowest BCUT2D eigenvalue weighted by molar-refractivity contribution is -0.164. The lowest BCUT2D eigenvalue weighted by atomic mass is 9.88. The van der Waals surface area contributed by atoms with Crippen molar-refractivity contribution in [3.8, 4) is 11.5 Å². The summed E-state index contributed by atoms with van der Waals surface area (Å²) in [5, 5.41) is 0. The molecule has 0 radical (unpaired) electrons. The predicted octanol–water partition coefficient (Wildman–Crippen LogP) is 3.55. The van der Waals surface area contributed by atoms with Gasteiger partial charge in [-0.05, 0) is 40.8 Å². The van der Waals surface area contributed by atoms with Crippen molar-refractivity contribution < 1.29 is 19.0 Å². The third-order valence-corrected chi connectivity index (χ3v) is 5.46. The Hall–Kier alpha value is -2.57. The largest absolute Gasteiger partial charge is 0.497 e. The fraction of sp³-hybridized carbons (Fsp3) is 0.458. The maximum atomic E-state index is 12.8. The summed E-state index contributed by atoms with van der Waals surface area (Å²) < 4.78 is 15.7. The van der Waals surface area contributed by atoms with Gasteiger partial charge in [-0.25, -0.2) is 4.79 Å². The highest BCUT2D eigenvalue weighted by Crippen LogP contribution is 2.31. The molecule has 1 saturated heterocycles. The SMILES string of the molecule is COC(=O)C1N(Cc2ccc(OC)cc2)CC(C)(C)CN1Cc1ccc(OC)cc1. The Balaban J connectivity index is 1.86. The van der Waals surface area contributed by atoms with E-state index in [-0.39, 0.29) is 11.4 Å². The molecule has 0 aromatic heterocycles.